The first kappa shape index (κ1) is 15.1. The van der Waals surface area contributed by atoms with E-state index >= 15 is 0 Å². The van der Waals surface area contributed by atoms with Crippen LogP contribution >= 0.6 is 0 Å². The zero-order valence-corrected chi connectivity index (χ0v) is 12.6. The molecule has 4 heteroatoms. The van der Waals surface area contributed by atoms with E-state index < -0.39 is 0 Å². The van der Waals surface area contributed by atoms with Crippen molar-refractivity contribution >= 4 is 0 Å². The summed E-state index contributed by atoms with van der Waals surface area (Å²) in [5.74, 6) is 2.04. The van der Waals surface area contributed by atoms with E-state index in [4.69, 9.17) is 9.47 Å². The summed E-state index contributed by atoms with van der Waals surface area (Å²) in [7, 11) is 1.67. The maximum Gasteiger partial charge on any atom is 0.166 e. The Morgan fingerprint density at radius 2 is 2.20 bits per heavy atom. The third-order valence-corrected chi connectivity index (χ3v) is 3.66. The summed E-state index contributed by atoms with van der Waals surface area (Å²) >= 11 is 0. The highest BCUT2D eigenvalue weighted by molar-refractivity contribution is 5.46. The Kier molecular flexibility index (Phi) is 5.26. The van der Waals surface area contributed by atoms with Gasteiger partial charge in [0.2, 0.25) is 0 Å². The van der Waals surface area contributed by atoms with E-state index in [1.54, 1.807) is 7.11 Å². The van der Waals surface area contributed by atoms with E-state index in [0.717, 1.165) is 43.1 Å². The van der Waals surface area contributed by atoms with E-state index in [1.807, 2.05) is 26.0 Å². The van der Waals surface area contributed by atoms with Crippen molar-refractivity contribution < 1.29 is 14.6 Å². The van der Waals surface area contributed by atoms with Crippen molar-refractivity contribution in [2.24, 2.45) is 5.92 Å². The molecule has 20 heavy (non-hydrogen) atoms. The Balaban J connectivity index is 2.14. The van der Waals surface area contributed by atoms with Gasteiger partial charge in [0.15, 0.2) is 11.5 Å². The van der Waals surface area contributed by atoms with E-state index in [1.165, 1.54) is 0 Å². The average molecular weight is 279 g/mol. The van der Waals surface area contributed by atoms with Gasteiger partial charge in [-0.15, -0.1) is 0 Å². The van der Waals surface area contributed by atoms with Gasteiger partial charge in [0.05, 0.1) is 13.2 Å². The molecule has 1 fully saturated rings. The summed E-state index contributed by atoms with van der Waals surface area (Å²) in [6.45, 7) is 7.15. The monoisotopic (exact) mass is 279 g/mol. The fraction of sp³-hybridized carbons (Fsp3) is 0.625. The molecular formula is C16H25NO3. The molecule has 1 atom stereocenters. The average Bonchev–Trinajstić information content (AvgIpc) is 2.88. The molecule has 1 aromatic carbocycles. The van der Waals surface area contributed by atoms with Crippen LogP contribution in [0, 0.1) is 5.92 Å². The number of benzene rings is 1. The van der Waals surface area contributed by atoms with Gasteiger partial charge in [0, 0.05) is 25.3 Å². The molecule has 0 aromatic heterocycles. The van der Waals surface area contributed by atoms with Gasteiger partial charge in [0.1, 0.15) is 0 Å². The fourth-order valence-electron chi connectivity index (χ4n) is 2.66. The minimum atomic E-state index is 0.119. The van der Waals surface area contributed by atoms with Gasteiger partial charge in [-0.05, 0) is 38.8 Å². The molecule has 0 bridgehead atoms. The summed E-state index contributed by atoms with van der Waals surface area (Å²) in [4.78, 5) is 2.36. The van der Waals surface area contributed by atoms with Gasteiger partial charge in [-0.3, -0.25) is 4.90 Å². The van der Waals surface area contributed by atoms with Crippen LogP contribution < -0.4 is 9.47 Å². The van der Waals surface area contributed by atoms with E-state index in [-0.39, 0.29) is 12.7 Å². The molecule has 112 valence electrons. The predicted molar refractivity (Wildman–Crippen MR) is 79.2 cm³/mol. The Morgan fingerprint density at radius 3 is 2.80 bits per heavy atom. The number of aliphatic hydroxyl groups is 1. The molecular weight excluding hydrogens is 254 g/mol. The van der Waals surface area contributed by atoms with Crippen molar-refractivity contribution in [3.05, 3.63) is 23.8 Å². The lowest BCUT2D eigenvalue weighted by Crippen LogP contribution is -2.22. The maximum absolute atomic E-state index is 9.23. The molecule has 2 rings (SSSR count). The lowest BCUT2D eigenvalue weighted by Gasteiger charge is -2.21. The minimum Gasteiger partial charge on any atom is -0.493 e. The van der Waals surface area contributed by atoms with Crippen molar-refractivity contribution in [1.82, 2.24) is 4.90 Å². The van der Waals surface area contributed by atoms with Crippen LogP contribution in [0.5, 0.6) is 11.5 Å². The van der Waals surface area contributed by atoms with Crippen LogP contribution in [0.3, 0.4) is 0 Å². The highest BCUT2D eigenvalue weighted by atomic mass is 16.5. The molecule has 0 spiro atoms. The van der Waals surface area contributed by atoms with Crippen molar-refractivity contribution in [3.63, 3.8) is 0 Å². The second-order valence-corrected chi connectivity index (χ2v) is 5.69. The molecule has 1 aliphatic rings. The van der Waals surface area contributed by atoms with Gasteiger partial charge in [-0.2, -0.15) is 0 Å². The van der Waals surface area contributed by atoms with Crippen LogP contribution in [0.2, 0.25) is 0 Å². The van der Waals surface area contributed by atoms with Crippen LogP contribution in [0.4, 0.5) is 0 Å². The summed E-state index contributed by atoms with van der Waals surface area (Å²) < 4.78 is 11.3. The predicted octanol–water partition coefficient (Wildman–Crippen LogP) is 2.30. The summed E-state index contributed by atoms with van der Waals surface area (Å²) in [6, 6.07) is 6.02. The number of ether oxygens (including phenoxy) is 2. The molecule has 1 aliphatic heterocycles. The topological polar surface area (TPSA) is 41.9 Å². The Morgan fingerprint density at radius 1 is 1.40 bits per heavy atom. The van der Waals surface area contributed by atoms with Gasteiger partial charge >= 0.3 is 0 Å². The van der Waals surface area contributed by atoms with E-state index in [2.05, 4.69) is 11.0 Å². The SMILES string of the molecule is COc1cccc(CN2CCC(CO)C2)c1OC(C)C. The summed E-state index contributed by atoms with van der Waals surface area (Å²) in [5, 5.41) is 9.23. The van der Waals surface area contributed by atoms with Crippen molar-refractivity contribution in [1.29, 1.82) is 0 Å². The second kappa shape index (κ2) is 6.95. The molecule has 0 aliphatic carbocycles. The first-order chi connectivity index (χ1) is 9.63. The quantitative estimate of drug-likeness (QED) is 0.867. The Hall–Kier alpha value is -1.26. The second-order valence-electron chi connectivity index (χ2n) is 5.69. The van der Waals surface area contributed by atoms with Gasteiger partial charge in [-0.1, -0.05) is 12.1 Å². The van der Waals surface area contributed by atoms with Crippen LogP contribution in [-0.2, 0) is 6.54 Å². The molecule has 0 amide bonds. The van der Waals surface area contributed by atoms with E-state index in [9.17, 15) is 5.11 Å². The van der Waals surface area contributed by atoms with Gasteiger partial charge in [-0.25, -0.2) is 0 Å². The largest absolute Gasteiger partial charge is 0.493 e. The number of hydrogen-bond acceptors (Lipinski definition) is 4. The first-order valence-corrected chi connectivity index (χ1v) is 7.29. The van der Waals surface area contributed by atoms with Crippen LogP contribution in [0.1, 0.15) is 25.8 Å². The van der Waals surface area contributed by atoms with Crippen molar-refractivity contribution in [2.45, 2.75) is 32.9 Å². The Labute approximate surface area is 121 Å². The number of methoxy groups -OCH3 is 1. The third-order valence-electron chi connectivity index (χ3n) is 3.66. The molecule has 1 heterocycles. The maximum atomic E-state index is 9.23. The summed E-state index contributed by atoms with van der Waals surface area (Å²) in [5.41, 5.74) is 1.15. The lowest BCUT2D eigenvalue weighted by molar-refractivity contribution is 0.212. The zero-order chi connectivity index (χ0) is 14.5. The number of nitrogens with zero attached hydrogens (tertiary/aromatic N) is 1. The van der Waals surface area contributed by atoms with E-state index in [0.29, 0.717) is 5.92 Å². The zero-order valence-electron chi connectivity index (χ0n) is 12.6. The standard InChI is InChI=1S/C16H25NO3/c1-12(2)20-16-14(5-4-6-15(16)19-3)10-17-8-7-13(9-17)11-18/h4-6,12-13,18H,7-11H2,1-3H3. The van der Waals surface area contributed by atoms with Crippen LogP contribution in [-0.4, -0.2) is 42.9 Å². The Bertz CT molecular complexity index is 434. The van der Waals surface area contributed by atoms with Crippen molar-refractivity contribution in [3.8, 4) is 11.5 Å². The smallest absolute Gasteiger partial charge is 0.166 e. The van der Waals surface area contributed by atoms with Gasteiger partial charge in [0.25, 0.3) is 0 Å². The molecule has 4 nitrogen and oxygen atoms in total. The highest BCUT2D eigenvalue weighted by Gasteiger charge is 2.23. The van der Waals surface area contributed by atoms with Crippen LogP contribution in [0.25, 0.3) is 0 Å². The number of aliphatic hydroxyl groups excluding tert-OH is 1. The molecule has 0 radical (unpaired) electrons. The van der Waals surface area contributed by atoms with Crippen molar-refractivity contribution in [2.75, 3.05) is 26.8 Å². The molecule has 1 aromatic rings. The molecule has 1 unspecified atom stereocenters. The minimum absolute atomic E-state index is 0.119. The third kappa shape index (κ3) is 3.64. The van der Waals surface area contributed by atoms with Gasteiger partial charge < -0.3 is 14.6 Å². The van der Waals surface area contributed by atoms with Crippen LogP contribution in [0.15, 0.2) is 18.2 Å². The number of hydrogen-bond donors (Lipinski definition) is 1. The normalized spacial score (nSPS) is 19.6. The molecule has 1 N–H and O–H groups in total. The first-order valence-electron chi connectivity index (χ1n) is 7.29. The molecule has 0 saturated carbocycles. The summed E-state index contributed by atoms with van der Waals surface area (Å²) in [6.07, 6.45) is 1.19. The number of rotatable bonds is 6. The number of para-hydroxylation sites is 1. The fourth-order valence-corrected chi connectivity index (χ4v) is 2.66. The highest BCUT2D eigenvalue weighted by Crippen LogP contribution is 2.33. The molecule has 1 saturated heterocycles. The number of likely N-dealkylation sites (tertiary alicyclic amines) is 1. The lowest BCUT2D eigenvalue weighted by atomic mass is 10.1.